The van der Waals surface area contributed by atoms with Gasteiger partial charge in [-0.25, -0.2) is 9.78 Å². The van der Waals surface area contributed by atoms with Crippen LogP contribution in [-0.2, 0) is 17.7 Å². The van der Waals surface area contributed by atoms with Gasteiger partial charge < -0.3 is 25.1 Å². The Kier molecular flexibility index (Phi) is 7.62. The summed E-state index contributed by atoms with van der Waals surface area (Å²) in [7, 11) is 0. The maximum absolute atomic E-state index is 13.2. The Balaban J connectivity index is 1.32. The fourth-order valence-corrected chi connectivity index (χ4v) is 4.70. The molecule has 1 aliphatic rings. The van der Waals surface area contributed by atoms with Crippen LogP contribution in [0.15, 0.2) is 42.7 Å². The number of anilines is 1. The number of nitrogens with one attached hydrogen (secondary N) is 2. The van der Waals surface area contributed by atoms with Crippen LogP contribution in [0.1, 0.15) is 51.5 Å². The van der Waals surface area contributed by atoms with Crippen LogP contribution in [0.4, 0.5) is 10.7 Å². The molecule has 0 spiro atoms. The number of pyridine rings is 1. The molecule has 13 nitrogen and oxygen atoms in total. The molecule has 0 radical (unpaired) electrons. The van der Waals surface area contributed by atoms with Crippen LogP contribution in [0.5, 0.6) is 5.75 Å². The maximum Gasteiger partial charge on any atom is 0.407 e. The van der Waals surface area contributed by atoms with E-state index in [0.29, 0.717) is 48.4 Å². The minimum absolute atomic E-state index is 0.230. The number of alkyl carbamates (subject to hydrolysis) is 1. The summed E-state index contributed by atoms with van der Waals surface area (Å²) in [6.07, 6.45) is 3.92. The first-order valence-corrected chi connectivity index (χ1v) is 13.0. The van der Waals surface area contributed by atoms with Gasteiger partial charge in [-0.2, -0.15) is 5.10 Å². The van der Waals surface area contributed by atoms with Gasteiger partial charge in [-0.1, -0.05) is 0 Å². The zero-order chi connectivity index (χ0) is 28.2. The van der Waals surface area contributed by atoms with Crippen molar-refractivity contribution < 1.29 is 23.9 Å². The highest BCUT2D eigenvalue weighted by atomic mass is 16.5. The molecule has 0 fully saturated rings. The predicted molar refractivity (Wildman–Crippen MR) is 145 cm³/mol. The van der Waals surface area contributed by atoms with E-state index in [1.165, 1.54) is 0 Å². The van der Waals surface area contributed by atoms with Gasteiger partial charge in [-0.15, -0.1) is 0 Å². The van der Waals surface area contributed by atoms with E-state index in [-0.39, 0.29) is 36.7 Å². The molecule has 1 aromatic carbocycles. The van der Waals surface area contributed by atoms with Gasteiger partial charge >= 0.3 is 6.09 Å². The van der Waals surface area contributed by atoms with Crippen molar-refractivity contribution in [2.75, 3.05) is 25.1 Å². The van der Waals surface area contributed by atoms with Gasteiger partial charge in [0.2, 0.25) is 11.9 Å². The highest BCUT2D eigenvalue weighted by Gasteiger charge is 2.29. The number of nitrogens with two attached hydrogens (primary N) is 1. The van der Waals surface area contributed by atoms with Crippen molar-refractivity contribution >= 4 is 34.9 Å². The fourth-order valence-electron chi connectivity index (χ4n) is 4.70. The number of hydrogen-bond acceptors (Lipinski definition) is 8. The fraction of sp³-hybridized carbons (Fsp3) is 0.333. The topological polar surface area (TPSA) is 168 Å². The van der Waals surface area contributed by atoms with Gasteiger partial charge in [-0.3, -0.25) is 24.6 Å². The first-order valence-electron chi connectivity index (χ1n) is 13.0. The predicted octanol–water partition coefficient (Wildman–Crippen LogP) is 2.60. The molecular weight excluding hydrogens is 516 g/mol. The van der Waals surface area contributed by atoms with Gasteiger partial charge in [-0.05, 0) is 56.2 Å². The molecule has 0 aliphatic carbocycles. The van der Waals surface area contributed by atoms with E-state index in [0.717, 1.165) is 11.3 Å². The number of aromatic nitrogens is 5. The SMILES string of the molecule is CCn1nc(C)cc1C(=O)Nc1nc2cc(C(N)=O)cc3c2n1[C@@H](CCNC(=O)OCCc1ccncc1)CO3. The highest BCUT2D eigenvalue weighted by Crippen LogP contribution is 2.38. The third kappa shape index (κ3) is 5.58. The Labute approximate surface area is 229 Å². The van der Waals surface area contributed by atoms with Crippen LogP contribution in [0.2, 0.25) is 0 Å². The number of carbonyl (C=O) groups is 3. The number of hydrogen-bond donors (Lipinski definition) is 3. The number of imidazole rings is 1. The number of amides is 3. The van der Waals surface area contributed by atoms with Crippen LogP contribution >= 0.6 is 0 Å². The Bertz CT molecular complexity index is 1560. The number of aryl methyl sites for hydroxylation is 2. The number of carbonyl (C=O) groups excluding carboxylic acids is 3. The van der Waals surface area contributed by atoms with Gasteiger partial charge in [0.15, 0.2) is 0 Å². The molecule has 4 heterocycles. The van der Waals surface area contributed by atoms with Gasteiger partial charge in [0, 0.05) is 37.5 Å². The van der Waals surface area contributed by atoms with Crippen molar-refractivity contribution in [3.8, 4) is 5.75 Å². The molecule has 0 saturated heterocycles. The average molecular weight is 547 g/mol. The van der Waals surface area contributed by atoms with Gasteiger partial charge in [0.05, 0.1) is 23.9 Å². The molecule has 40 heavy (non-hydrogen) atoms. The van der Waals surface area contributed by atoms with Crippen molar-refractivity contribution in [3.05, 3.63) is 65.2 Å². The Morgan fingerprint density at radius 2 is 2.00 bits per heavy atom. The van der Waals surface area contributed by atoms with Gasteiger partial charge in [0.1, 0.15) is 23.6 Å². The summed E-state index contributed by atoms with van der Waals surface area (Å²) in [5, 5.41) is 10.0. The molecule has 1 aliphatic heterocycles. The molecule has 3 aromatic heterocycles. The first-order chi connectivity index (χ1) is 19.3. The second kappa shape index (κ2) is 11.4. The normalized spacial score (nSPS) is 14.0. The van der Waals surface area contributed by atoms with Crippen molar-refractivity contribution in [3.63, 3.8) is 0 Å². The molecule has 3 amide bonds. The standard InChI is InChI=1S/C27H30N8O5/c1-3-34-21(12-16(2)33-34)25(37)32-26-31-20-13-18(24(28)36)14-22-23(20)35(26)19(15-40-22)6-10-30-27(38)39-11-7-17-4-8-29-9-5-17/h4-5,8-9,12-14,19H,3,6-7,10-11,15H2,1-2H3,(H2,28,36)(H,30,38)(H,31,32,37)/t19-/m0/s1. The third-order valence-corrected chi connectivity index (χ3v) is 6.61. The molecule has 4 N–H and O–H groups in total. The summed E-state index contributed by atoms with van der Waals surface area (Å²) in [4.78, 5) is 45.9. The van der Waals surface area contributed by atoms with E-state index < -0.39 is 12.0 Å². The number of ether oxygens (including phenoxy) is 2. The highest BCUT2D eigenvalue weighted by molar-refractivity contribution is 6.04. The number of benzene rings is 1. The molecule has 13 heteroatoms. The van der Waals surface area contributed by atoms with Crippen LogP contribution < -0.4 is 21.1 Å². The van der Waals surface area contributed by atoms with Crippen LogP contribution in [0.3, 0.4) is 0 Å². The molecule has 0 bridgehead atoms. The van der Waals surface area contributed by atoms with E-state index in [1.54, 1.807) is 35.3 Å². The summed E-state index contributed by atoms with van der Waals surface area (Å²) in [6, 6.07) is 8.31. The van der Waals surface area contributed by atoms with Crippen molar-refractivity contribution in [2.45, 2.75) is 39.3 Å². The summed E-state index contributed by atoms with van der Waals surface area (Å²) in [6.45, 7) is 5.02. The zero-order valence-corrected chi connectivity index (χ0v) is 22.2. The van der Waals surface area contributed by atoms with E-state index in [4.69, 9.17) is 15.2 Å². The number of primary amides is 1. The first kappa shape index (κ1) is 26.7. The second-order valence-corrected chi connectivity index (χ2v) is 9.37. The smallest absolute Gasteiger partial charge is 0.407 e. The largest absolute Gasteiger partial charge is 0.489 e. The molecule has 5 rings (SSSR count). The lowest BCUT2D eigenvalue weighted by Gasteiger charge is -2.27. The zero-order valence-electron chi connectivity index (χ0n) is 22.2. The Hall–Kier alpha value is -4.94. The minimum atomic E-state index is -0.613. The Morgan fingerprint density at radius 3 is 2.75 bits per heavy atom. The van der Waals surface area contributed by atoms with E-state index in [2.05, 4.69) is 25.7 Å². The lowest BCUT2D eigenvalue weighted by molar-refractivity contribution is 0.0995. The molecule has 0 saturated carbocycles. The van der Waals surface area contributed by atoms with Crippen LogP contribution in [0, 0.1) is 6.92 Å². The van der Waals surface area contributed by atoms with E-state index in [1.807, 2.05) is 30.5 Å². The lowest BCUT2D eigenvalue weighted by atomic mass is 10.1. The van der Waals surface area contributed by atoms with Crippen LogP contribution in [-0.4, -0.2) is 62.0 Å². The monoisotopic (exact) mass is 546 g/mol. The quantitative estimate of drug-likeness (QED) is 0.273. The Morgan fingerprint density at radius 1 is 1.20 bits per heavy atom. The van der Waals surface area contributed by atoms with Gasteiger partial charge in [0.25, 0.3) is 5.91 Å². The summed E-state index contributed by atoms with van der Waals surface area (Å²) in [5.74, 6) is -0.254. The maximum atomic E-state index is 13.2. The molecule has 208 valence electrons. The summed E-state index contributed by atoms with van der Waals surface area (Å²) < 4.78 is 14.7. The van der Waals surface area contributed by atoms with Crippen molar-refractivity contribution in [2.24, 2.45) is 5.73 Å². The molecule has 0 unspecified atom stereocenters. The molecular formula is C27H30N8O5. The lowest BCUT2D eigenvalue weighted by Crippen LogP contribution is -2.31. The van der Waals surface area contributed by atoms with E-state index >= 15 is 0 Å². The summed E-state index contributed by atoms with van der Waals surface area (Å²) in [5.41, 5.74) is 8.98. The van der Waals surface area contributed by atoms with E-state index in [9.17, 15) is 14.4 Å². The molecule has 1 atom stereocenters. The van der Waals surface area contributed by atoms with Crippen LogP contribution in [0.25, 0.3) is 11.0 Å². The molecule has 4 aromatic rings. The average Bonchev–Trinajstić information content (AvgIpc) is 3.51. The van der Waals surface area contributed by atoms with Crippen molar-refractivity contribution in [1.82, 2.24) is 29.6 Å². The minimum Gasteiger partial charge on any atom is -0.489 e. The third-order valence-electron chi connectivity index (χ3n) is 6.61. The van der Waals surface area contributed by atoms with Crippen molar-refractivity contribution in [1.29, 1.82) is 0 Å². The second-order valence-electron chi connectivity index (χ2n) is 9.37. The number of nitrogens with zero attached hydrogens (tertiary/aromatic N) is 5. The summed E-state index contributed by atoms with van der Waals surface area (Å²) >= 11 is 0. The number of rotatable bonds is 10.